The first-order valence-electron chi connectivity index (χ1n) is 8.18. The van der Waals surface area contributed by atoms with Crippen molar-refractivity contribution < 1.29 is 14.6 Å². The molecule has 7 heteroatoms. The van der Waals surface area contributed by atoms with Crippen LogP contribution in [0.1, 0.15) is 17.3 Å². The zero-order valence-electron chi connectivity index (χ0n) is 13.4. The molecule has 126 valence electrons. The van der Waals surface area contributed by atoms with Crippen LogP contribution in [0.2, 0.25) is 0 Å². The normalized spacial score (nSPS) is 25.6. The second-order valence-electron chi connectivity index (χ2n) is 5.95. The van der Waals surface area contributed by atoms with Crippen LogP contribution in [0.3, 0.4) is 0 Å². The Hall–Kier alpha value is -1.70. The molecule has 23 heavy (non-hydrogen) atoms. The van der Waals surface area contributed by atoms with E-state index in [0.717, 1.165) is 38.7 Å². The highest BCUT2D eigenvalue weighted by Gasteiger charge is 2.36. The van der Waals surface area contributed by atoms with Crippen LogP contribution >= 0.6 is 0 Å². The highest BCUT2D eigenvalue weighted by molar-refractivity contribution is 5.94. The van der Waals surface area contributed by atoms with Crippen LogP contribution in [-0.2, 0) is 4.74 Å². The molecule has 0 unspecified atom stereocenters. The number of hydrogen-bond donors (Lipinski definition) is 2. The molecule has 2 aliphatic heterocycles. The van der Waals surface area contributed by atoms with Gasteiger partial charge in [0.05, 0.1) is 30.9 Å². The maximum Gasteiger partial charge on any atom is 0.252 e. The van der Waals surface area contributed by atoms with Gasteiger partial charge in [0.25, 0.3) is 5.91 Å². The molecular formula is C16H24N4O3. The number of amides is 1. The molecule has 2 N–H and O–H groups in total. The van der Waals surface area contributed by atoms with Gasteiger partial charge in [-0.3, -0.25) is 9.69 Å². The Labute approximate surface area is 136 Å². The van der Waals surface area contributed by atoms with Crippen molar-refractivity contribution in [3.8, 4) is 0 Å². The number of rotatable bonds is 4. The maximum absolute atomic E-state index is 11.8. The lowest BCUT2D eigenvalue weighted by Gasteiger charge is -2.33. The molecule has 3 heterocycles. The second-order valence-corrected chi connectivity index (χ2v) is 5.95. The van der Waals surface area contributed by atoms with E-state index in [-0.39, 0.29) is 11.9 Å². The number of pyridine rings is 1. The van der Waals surface area contributed by atoms with Crippen molar-refractivity contribution in [2.75, 3.05) is 50.8 Å². The van der Waals surface area contributed by atoms with Crippen LogP contribution in [0.15, 0.2) is 18.3 Å². The van der Waals surface area contributed by atoms with Gasteiger partial charge in [-0.2, -0.15) is 0 Å². The Morgan fingerprint density at radius 1 is 1.39 bits per heavy atom. The van der Waals surface area contributed by atoms with E-state index in [2.05, 4.69) is 20.1 Å². The number of anilines is 1. The van der Waals surface area contributed by atoms with E-state index in [1.54, 1.807) is 12.3 Å². The summed E-state index contributed by atoms with van der Waals surface area (Å²) in [5, 5.41) is 13.1. The summed E-state index contributed by atoms with van der Waals surface area (Å²) in [6, 6.07) is 3.74. The van der Waals surface area contributed by atoms with Gasteiger partial charge in [-0.25, -0.2) is 4.98 Å². The summed E-state index contributed by atoms with van der Waals surface area (Å²) in [6.07, 6.45) is 1.20. The van der Waals surface area contributed by atoms with Crippen LogP contribution in [0, 0.1) is 0 Å². The first-order valence-corrected chi connectivity index (χ1v) is 8.18. The Kier molecular flexibility index (Phi) is 5.09. The number of ether oxygens (including phenoxy) is 1. The summed E-state index contributed by atoms with van der Waals surface area (Å²) in [5.41, 5.74) is 0.556. The van der Waals surface area contributed by atoms with Gasteiger partial charge in [0.15, 0.2) is 0 Å². The molecule has 2 saturated heterocycles. The number of nitrogens with one attached hydrogen (secondary N) is 1. The van der Waals surface area contributed by atoms with E-state index in [1.807, 2.05) is 13.0 Å². The zero-order chi connectivity index (χ0) is 16.2. The molecule has 0 radical (unpaired) electrons. The fourth-order valence-corrected chi connectivity index (χ4v) is 3.19. The number of β-amino-alcohol motifs (C(OH)–C–C–N with tert-alkyl or cyclic N) is 1. The third-order valence-electron chi connectivity index (χ3n) is 4.45. The largest absolute Gasteiger partial charge is 0.390 e. The number of aliphatic hydroxyl groups excluding tert-OH is 1. The number of carbonyl (C=O) groups is 1. The van der Waals surface area contributed by atoms with E-state index in [1.165, 1.54) is 0 Å². The molecule has 0 aliphatic carbocycles. The van der Waals surface area contributed by atoms with Crippen LogP contribution in [0.5, 0.6) is 0 Å². The van der Waals surface area contributed by atoms with Crippen LogP contribution in [-0.4, -0.2) is 79.0 Å². The number of hydrogen-bond acceptors (Lipinski definition) is 6. The maximum atomic E-state index is 11.8. The Balaban J connectivity index is 1.64. The zero-order valence-corrected chi connectivity index (χ0v) is 13.4. The molecule has 1 aromatic heterocycles. The SMILES string of the molecule is CCNC(=O)c1ccc(N2C[C@H](O)[C@@H](N3CCOCC3)C2)nc1. The van der Waals surface area contributed by atoms with Gasteiger partial charge in [-0.1, -0.05) is 0 Å². The van der Waals surface area contributed by atoms with Gasteiger partial charge in [0, 0.05) is 38.9 Å². The fraction of sp³-hybridized carbons (Fsp3) is 0.625. The van der Waals surface area contributed by atoms with Gasteiger partial charge in [-0.15, -0.1) is 0 Å². The number of carbonyl (C=O) groups excluding carboxylic acids is 1. The third kappa shape index (κ3) is 3.63. The van der Waals surface area contributed by atoms with Crippen LogP contribution < -0.4 is 10.2 Å². The lowest BCUT2D eigenvalue weighted by atomic mass is 10.2. The van der Waals surface area contributed by atoms with Gasteiger partial charge in [0.1, 0.15) is 5.82 Å². The minimum absolute atomic E-state index is 0.112. The monoisotopic (exact) mass is 320 g/mol. The van der Waals surface area contributed by atoms with Crippen molar-refractivity contribution in [2.45, 2.75) is 19.1 Å². The van der Waals surface area contributed by atoms with Crippen molar-refractivity contribution in [3.63, 3.8) is 0 Å². The summed E-state index contributed by atoms with van der Waals surface area (Å²) >= 11 is 0. The number of morpholine rings is 1. The predicted molar refractivity (Wildman–Crippen MR) is 86.6 cm³/mol. The fourth-order valence-electron chi connectivity index (χ4n) is 3.19. The topological polar surface area (TPSA) is 77.9 Å². The Morgan fingerprint density at radius 3 is 2.83 bits per heavy atom. The highest BCUT2D eigenvalue weighted by atomic mass is 16.5. The van der Waals surface area contributed by atoms with Gasteiger partial charge in [0.2, 0.25) is 0 Å². The average Bonchev–Trinajstić information content (AvgIpc) is 2.98. The first kappa shape index (κ1) is 16.2. The molecule has 0 spiro atoms. The molecule has 0 bridgehead atoms. The van der Waals surface area contributed by atoms with Gasteiger partial charge < -0.3 is 20.1 Å². The van der Waals surface area contributed by atoms with Crippen LogP contribution in [0.25, 0.3) is 0 Å². The summed E-state index contributed by atoms with van der Waals surface area (Å²) < 4.78 is 5.37. The molecule has 2 aliphatic rings. The highest BCUT2D eigenvalue weighted by Crippen LogP contribution is 2.22. The molecular weight excluding hydrogens is 296 g/mol. The quantitative estimate of drug-likeness (QED) is 0.794. The molecule has 1 amide bonds. The van der Waals surface area contributed by atoms with Crippen LogP contribution in [0.4, 0.5) is 5.82 Å². The standard InChI is InChI=1S/C16H24N4O3/c1-2-17-16(22)12-3-4-15(18-9-12)20-10-13(14(21)11-20)19-5-7-23-8-6-19/h3-4,9,13-14,21H,2,5-8,10-11H2,1H3,(H,17,22)/t13-,14-/m0/s1. The van der Waals surface area contributed by atoms with Crippen molar-refractivity contribution in [3.05, 3.63) is 23.9 Å². The van der Waals surface area contributed by atoms with Gasteiger partial charge >= 0.3 is 0 Å². The number of aliphatic hydroxyl groups is 1. The molecule has 7 nitrogen and oxygen atoms in total. The van der Waals surface area contributed by atoms with Gasteiger partial charge in [-0.05, 0) is 19.1 Å². The summed E-state index contributed by atoms with van der Waals surface area (Å²) in [5.74, 6) is 0.687. The third-order valence-corrected chi connectivity index (χ3v) is 4.45. The Morgan fingerprint density at radius 2 is 2.17 bits per heavy atom. The summed E-state index contributed by atoms with van der Waals surface area (Å²) in [4.78, 5) is 20.5. The smallest absolute Gasteiger partial charge is 0.252 e. The molecule has 1 aromatic rings. The molecule has 2 fully saturated rings. The number of nitrogens with zero attached hydrogens (tertiary/aromatic N) is 3. The second kappa shape index (κ2) is 7.25. The summed E-state index contributed by atoms with van der Waals surface area (Å²) in [7, 11) is 0. The first-order chi connectivity index (χ1) is 11.2. The van der Waals surface area contributed by atoms with Crippen molar-refractivity contribution in [2.24, 2.45) is 0 Å². The molecule has 0 aromatic carbocycles. The molecule has 3 rings (SSSR count). The van der Waals surface area contributed by atoms with Crippen molar-refractivity contribution in [1.82, 2.24) is 15.2 Å². The minimum Gasteiger partial charge on any atom is -0.390 e. The van der Waals surface area contributed by atoms with Crippen molar-refractivity contribution >= 4 is 11.7 Å². The predicted octanol–water partition coefficient (Wildman–Crippen LogP) is -0.287. The average molecular weight is 320 g/mol. The van der Waals surface area contributed by atoms with E-state index in [4.69, 9.17) is 4.74 Å². The van der Waals surface area contributed by atoms with E-state index >= 15 is 0 Å². The summed E-state index contributed by atoms with van der Waals surface area (Å²) in [6.45, 7) is 6.96. The number of aromatic nitrogens is 1. The molecule has 2 atom stereocenters. The van der Waals surface area contributed by atoms with E-state index < -0.39 is 6.10 Å². The lowest BCUT2D eigenvalue weighted by Crippen LogP contribution is -2.48. The Bertz CT molecular complexity index is 531. The van der Waals surface area contributed by atoms with E-state index in [0.29, 0.717) is 18.7 Å². The lowest BCUT2D eigenvalue weighted by molar-refractivity contribution is -0.00588. The van der Waals surface area contributed by atoms with E-state index in [9.17, 15) is 9.90 Å². The molecule has 0 saturated carbocycles. The minimum atomic E-state index is -0.391. The van der Waals surface area contributed by atoms with Crippen molar-refractivity contribution in [1.29, 1.82) is 0 Å².